The Balaban J connectivity index is 1.68. The Hall–Kier alpha value is -4.10. The lowest BCUT2D eigenvalue weighted by atomic mass is 9.98. The number of sulfonamides is 1. The normalized spacial score (nSPS) is 14.5. The van der Waals surface area contributed by atoms with Crippen LogP contribution in [-0.4, -0.2) is 54.5 Å². The van der Waals surface area contributed by atoms with Crippen LogP contribution in [0.2, 0.25) is 0 Å². The van der Waals surface area contributed by atoms with Crippen LogP contribution in [0.5, 0.6) is 0 Å². The molecule has 0 saturated carbocycles. The van der Waals surface area contributed by atoms with Gasteiger partial charge in [-0.05, 0) is 23.8 Å². The molecule has 196 valence electrons. The van der Waals surface area contributed by atoms with E-state index >= 15 is 0 Å². The van der Waals surface area contributed by atoms with Crippen LogP contribution in [0.4, 0.5) is 24.9 Å². The highest BCUT2D eigenvalue weighted by Crippen LogP contribution is 2.41. The molecule has 5 rings (SSSR count). The minimum absolute atomic E-state index is 0.0308. The third-order valence-electron chi connectivity index (χ3n) is 6.06. The highest BCUT2D eigenvalue weighted by atomic mass is 32.2. The number of alkyl halides is 3. The minimum atomic E-state index is -4.81. The van der Waals surface area contributed by atoms with Gasteiger partial charge in [0.25, 0.3) is 0 Å². The molecule has 0 unspecified atom stereocenters. The average molecular weight is 542 g/mol. The van der Waals surface area contributed by atoms with E-state index in [1.54, 1.807) is 59.8 Å². The summed E-state index contributed by atoms with van der Waals surface area (Å²) in [4.78, 5) is 19.9. The molecule has 0 atom stereocenters. The first kappa shape index (κ1) is 25.5. The maximum atomic E-state index is 14.0. The summed E-state index contributed by atoms with van der Waals surface area (Å²) in [6.07, 6.45) is -1.56. The fourth-order valence-electron chi connectivity index (χ4n) is 4.28. The van der Waals surface area contributed by atoms with Gasteiger partial charge in [-0.25, -0.2) is 33.5 Å². The summed E-state index contributed by atoms with van der Waals surface area (Å²) in [5.41, 5.74) is 1.06. The number of nitrogens with zero attached hydrogens (tertiary/aromatic N) is 6. The van der Waals surface area contributed by atoms with Gasteiger partial charge in [0.05, 0.1) is 16.2 Å². The Labute approximate surface area is 216 Å². The van der Waals surface area contributed by atoms with Crippen molar-refractivity contribution in [1.29, 1.82) is 0 Å². The fourth-order valence-corrected chi connectivity index (χ4v) is 4.84. The smallest absolute Gasteiger partial charge is 0.352 e. The van der Waals surface area contributed by atoms with Crippen LogP contribution in [0.25, 0.3) is 22.4 Å². The van der Waals surface area contributed by atoms with E-state index in [2.05, 4.69) is 19.9 Å². The molecule has 1 aliphatic rings. The van der Waals surface area contributed by atoms with Crippen molar-refractivity contribution in [3.05, 3.63) is 78.9 Å². The molecule has 13 heteroatoms. The molecule has 9 nitrogen and oxygen atoms in total. The van der Waals surface area contributed by atoms with Gasteiger partial charge in [-0.2, -0.15) is 13.2 Å². The van der Waals surface area contributed by atoms with Gasteiger partial charge in [0.1, 0.15) is 5.82 Å². The van der Waals surface area contributed by atoms with E-state index in [0.717, 1.165) is 0 Å². The number of aromatic nitrogens is 4. The van der Waals surface area contributed by atoms with Gasteiger partial charge < -0.3 is 9.80 Å². The Bertz CT molecular complexity index is 1540. The van der Waals surface area contributed by atoms with Crippen molar-refractivity contribution in [2.45, 2.75) is 11.1 Å². The van der Waals surface area contributed by atoms with Crippen molar-refractivity contribution in [2.75, 3.05) is 36.0 Å². The monoisotopic (exact) mass is 541 g/mol. The molecule has 1 fully saturated rings. The topological polar surface area (TPSA) is 118 Å². The van der Waals surface area contributed by atoms with Gasteiger partial charge in [0.15, 0.2) is 0 Å². The average Bonchev–Trinajstić information content (AvgIpc) is 2.92. The molecule has 0 aliphatic carbocycles. The fraction of sp³-hybridized carbons (Fsp3) is 0.200. The van der Waals surface area contributed by atoms with Gasteiger partial charge in [0, 0.05) is 44.1 Å². The molecular formula is C25H22F3N7O2S. The van der Waals surface area contributed by atoms with Crippen LogP contribution in [-0.2, 0) is 16.2 Å². The van der Waals surface area contributed by atoms with Crippen LogP contribution in [0, 0.1) is 0 Å². The van der Waals surface area contributed by atoms with Crippen molar-refractivity contribution in [3.63, 3.8) is 0 Å². The number of rotatable bonds is 5. The van der Waals surface area contributed by atoms with Crippen LogP contribution in [0.1, 0.15) is 5.82 Å². The second-order valence-electron chi connectivity index (χ2n) is 8.55. The summed E-state index contributed by atoms with van der Waals surface area (Å²) in [5, 5.41) is 5.35. The van der Waals surface area contributed by atoms with Gasteiger partial charge >= 0.3 is 6.18 Å². The van der Waals surface area contributed by atoms with E-state index in [-0.39, 0.29) is 22.0 Å². The summed E-state index contributed by atoms with van der Waals surface area (Å²) in [6, 6.07) is 15.8. The molecule has 0 bridgehead atoms. The maximum absolute atomic E-state index is 14.0. The Morgan fingerprint density at radius 2 is 1.42 bits per heavy atom. The SMILES string of the molecule is NS(=O)(=O)c1cccc(-c2c(-c3ccccc3)nc(C(F)(F)F)nc2N2CCN(c3ncccn3)CC2)c1. The van der Waals surface area contributed by atoms with E-state index in [1.807, 2.05) is 4.90 Å². The Kier molecular flexibility index (Phi) is 6.71. The third kappa shape index (κ3) is 5.29. The predicted octanol–water partition coefficient (Wildman–Crippen LogP) is 3.59. The highest BCUT2D eigenvalue weighted by Gasteiger charge is 2.38. The standard InChI is InChI=1S/C25H22F3N7O2S/c26-25(27,28)23-32-21(17-6-2-1-3-7-17)20(18-8-4-9-19(16-18)38(29,36)37)22(33-23)34-12-14-35(15-13-34)24-30-10-5-11-31-24/h1-11,16H,12-15H2,(H2,29,36,37). The van der Waals surface area contributed by atoms with Crippen molar-refractivity contribution < 1.29 is 21.6 Å². The Morgan fingerprint density at radius 1 is 0.789 bits per heavy atom. The second kappa shape index (κ2) is 9.99. The van der Waals surface area contributed by atoms with Crippen molar-refractivity contribution in [1.82, 2.24) is 19.9 Å². The van der Waals surface area contributed by atoms with Gasteiger partial charge in [-0.1, -0.05) is 42.5 Å². The maximum Gasteiger partial charge on any atom is 0.451 e. The summed E-state index contributed by atoms with van der Waals surface area (Å²) < 4.78 is 66.2. The zero-order chi connectivity index (χ0) is 26.9. The second-order valence-corrected chi connectivity index (χ2v) is 10.1. The number of nitrogens with two attached hydrogens (primary N) is 1. The molecule has 38 heavy (non-hydrogen) atoms. The lowest BCUT2D eigenvalue weighted by Crippen LogP contribution is -2.47. The number of primary sulfonamides is 1. The number of piperazine rings is 1. The number of halogens is 3. The summed E-state index contributed by atoms with van der Waals surface area (Å²) in [6.45, 7) is 1.52. The van der Waals surface area contributed by atoms with Crippen LogP contribution in [0.15, 0.2) is 78.0 Å². The van der Waals surface area contributed by atoms with Gasteiger partial charge in [-0.3, -0.25) is 0 Å². The summed E-state index contributed by atoms with van der Waals surface area (Å²) in [5.74, 6) is -0.713. The molecule has 4 aromatic rings. The first-order chi connectivity index (χ1) is 18.1. The van der Waals surface area contributed by atoms with Crippen LogP contribution < -0.4 is 14.9 Å². The molecule has 2 N–H and O–H groups in total. The third-order valence-corrected chi connectivity index (χ3v) is 6.97. The molecule has 1 saturated heterocycles. The van der Waals surface area contributed by atoms with E-state index < -0.39 is 22.0 Å². The van der Waals surface area contributed by atoms with Crippen LogP contribution in [0.3, 0.4) is 0 Å². The van der Waals surface area contributed by atoms with Crippen molar-refractivity contribution in [2.24, 2.45) is 5.14 Å². The molecule has 2 aromatic heterocycles. The van der Waals surface area contributed by atoms with Crippen LogP contribution >= 0.6 is 0 Å². The highest BCUT2D eigenvalue weighted by molar-refractivity contribution is 7.89. The number of hydrogen-bond donors (Lipinski definition) is 1. The largest absolute Gasteiger partial charge is 0.451 e. The lowest BCUT2D eigenvalue weighted by Gasteiger charge is -2.36. The lowest BCUT2D eigenvalue weighted by molar-refractivity contribution is -0.144. The molecule has 0 radical (unpaired) electrons. The first-order valence-corrected chi connectivity index (χ1v) is 13.1. The zero-order valence-electron chi connectivity index (χ0n) is 19.9. The van der Waals surface area contributed by atoms with Gasteiger partial charge in [0.2, 0.25) is 21.8 Å². The molecular weight excluding hydrogens is 519 g/mol. The first-order valence-electron chi connectivity index (χ1n) is 11.6. The van der Waals surface area contributed by atoms with E-state index in [1.165, 1.54) is 18.2 Å². The van der Waals surface area contributed by atoms with E-state index in [9.17, 15) is 21.6 Å². The molecule has 2 aromatic carbocycles. The predicted molar refractivity (Wildman–Crippen MR) is 136 cm³/mol. The van der Waals surface area contributed by atoms with E-state index in [0.29, 0.717) is 43.3 Å². The van der Waals surface area contributed by atoms with Gasteiger partial charge in [-0.15, -0.1) is 0 Å². The summed E-state index contributed by atoms with van der Waals surface area (Å²) >= 11 is 0. The number of hydrogen-bond acceptors (Lipinski definition) is 8. The molecule has 3 heterocycles. The van der Waals surface area contributed by atoms with Crippen molar-refractivity contribution >= 4 is 21.8 Å². The van der Waals surface area contributed by atoms with Crippen molar-refractivity contribution in [3.8, 4) is 22.4 Å². The molecule has 0 amide bonds. The quantitative estimate of drug-likeness (QED) is 0.407. The van der Waals surface area contributed by atoms with E-state index in [4.69, 9.17) is 5.14 Å². The minimum Gasteiger partial charge on any atom is -0.352 e. The summed E-state index contributed by atoms with van der Waals surface area (Å²) in [7, 11) is -4.07. The zero-order valence-corrected chi connectivity index (χ0v) is 20.7. The number of benzene rings is 2. The Morgan fingerprint density at radius 3 is 2.05 bits per heavy atom. The molecule has 0 spiro atoms. The number of anilines is 2. The molecule has 1 aliphatic heterocycles.